The summed E-state index contributed by atoms with van der Waals surface area (Å²) in [5, 5.41) is 20.7. The number of rotatable bonds is 16. The fraction of sp³-hybridized carbons (Fsp3) is 0.243. The first kappa shape index (κ1) is 35.2. The second-order valence-electron chi connectivity index (χ2n) is 11.0. The van der Waals surface area contributed by atoms with Crippen molar-refractivity contribution in [2.75, 3.05) is 13.2 Å². The third-order valence-corrected chi connectivity index (χ3v) is 7.30. The van der Waals surface area contributed by atoms with Crippen molar-refractivity contribution >= 4 is 24.0 Å². The Kier molecular flexibility index (Phi) is 14.0. The molecule has 0 heterocycles. The van der Waals surface area contributed by atoms with Crippen LogP contribution in [0.1, 0.15) is 22.3 Å². The van der Waals surface area contributed by atoms with Crippen LogP contribution in [0, 0.1) is 0 Å². The quantitative estimate of drug-likeness (QED) is 0.124. The molecule has 0 saturated heterocycles. The molecule has 4 rings (SSSR count). The Morgan fingerprint density at radius 3 is 1.29 bits per heavy atom. The molecule has 0 spiro atoms. The van der Waals surface area contributed by atoms with Gasteiger partial charge < -0.3 is 35.8 Å². The Morgan fingerprint density at radius 2 is 0.896 bits per heavy atom. The van der Waals surface area contributed by atoms with Gasteiger partial charge in [0.15, 0.2) is 0 Å². The van der Waals surface area contributed by atoms with Gasteiger partial charge in [-0.3, -0.25) is 9.59 Å². The Labute approximate surface area is 279 Å². The van der Waals surface area contributed by atoms with E-state index in [2.05, 4.69) is 21.3 Å². The predicted molar refractivity (Wildman–Crippen MR) is 179 cm³/mol. The SMILES string of the molecule is O=C(NC(Cc1ccccc1)C(=O)NCC(CO)NC(=O)C(Cc1ccccc1)NC(=O)OCc1ccccc1)OCc1ccccc1. The van der Waals surface area contributed by atoms with Crippen LogP contribution in [-0.2, 0) is 45.1 Å². The van der Waals surface area contributed by atoms with Gasteiger partial charge in [-0.1, -0.05) is 121 Å². The number of aliphatic hydroxyl groups excluding tert-OH is 1. The molecule has 0 aliphatic carbocycles. The largest absolute Gasteiger partial charge is 0.445 e. The molecule has 11 heteroatoms. The summed E-state index contributed by atoms with van der Waals surface area (Å²) in [7, 11) is 0. The van der Waals surface area contributed by atoms with Gasteiger partial charge in [0.2, 0.25) is 11.8 Å². The normalized spacial score (nSPS) is 12.4. The smallest absolute Gasteiger partial charge is 0.408 e. The van der Waals surface area contributed by atoms with Gasteiger partial charge in [-0.25, -0.2) is 9.59 Å². The van der Waals surface area contributed by atoms with Crippen LogP contribution in [0.2, 0.25) is 0 Å². The van der Waals surface area contributed by atoms with Crippen LogP contribution < -0.4 is 21.3 Å². The Hall–Kier alpha value is -5.68. The summed E-state index contributed by atoms with van der Waals surface area (Å²) in [5.41, 5.74) is 3.19. The number of alkyl carbamates (subject to hydrolysis) is 2. The van der Waals surface area contributed by atoms with E-state index in [4.69, 9.17) is 9.47 Å². The summed E-state index contributed by atoms with van der Waals surface area (Å²) in [5.74, 6) is -1.11. The number of hydrogen-bond donors (Lipinski definition) is 5. The highest BCUT2D eigenvalue weighted by atomic mass is 16.6. The van der Waals surface area contributed by atoms with Crippen molar-refractivity contribution in [2.24, 2.45) is 0 Å². The molecule has 3 atom stereocenters. The van der Waals surface area contributed by atoms with Crippen LogP contribution in [0.25, 0.3) is 0 Å². The molecule has 48 heavy (non-hydrogen) atoms. The summed E-state index contributed by atoms with van der Waals surface area (Å²) < 4.78 is 10.6. The molecule has 0 radical (unpaired) electrons. The zero-order chi connectivity index (χ0) is 34.0. The Morgan fingerprint density at radius 1 is 0.521 bits per heavy atom. The Bertz CT molecular complexity index is 1570. The number of amides is 4. The van der Waals surface area contributed by atoms with Crippen LogP contribution in [0.4, 0.5) is 9.59 Å². The molecule has 5 N–H and O–H groups in total. The minimum Gasteiger partial charge on any atom is -0.445 e. The van der Waals surface area contributed by atoms with Gasteiger partial charge in [0, 0.05) is 19.4 Å². The third kappa shape index (κ3) is 12.3. The molecule has 0 bridgehead atoms. The monoisotopic (exact) mass is 652 g/mol. The second kappa shape index (κ2) is 19.1. The molecular formula is C37H40N4O7. The van der Waals surface area contributed by atoms with Crippen LogP contribution >= 0.6 is 0 Å². The van der Waals surface area contributed by atoms with E-state index in [9.17, 15) is 24.3 Å². The van der Waals surface area contributed by atoms with Crippen molar-refractivity contribution in [1.82, 2.24) is 21.3 Å². The maximum absolute atomic E-state index is 13.4. The lowest BCUT2D eigenvalue weighted by Gasteiger charge is -2.24. The highest BCUT2D eigenvalue weighted by Crippen LogP contribution is 2.08. The summed E-state index contributed by atoms with van der Waals surface area (Å²) in [6.07, 6.45) is -1.21. The van der Waals surface area contributed by atoms with Gasteiger partial charge in [0.25, 0.3) is 0 Å². The van der Waals surface area contributed by atoms with Crippen LogP contribution in [0.15, 0.2) is 121 Å². The van der Waals surface area contributed by atoms with E-state index < -0.39 is 48.7 Å². The number of hydrogen-bond acceptors (Lipinski definition) is 7. The van der Waals surface area contributed by atoms with E-state index in [1.807, 2.05) is 121 Å². The molecule has 0 fully saturated rings. The molecule has 0 aliphatic heterocycles. The zero-order valence-corrected chi connectivity index (χ0v) is 26.4. The molecule has 0 aliphatic rings. The Balaban J connectivity index is 1.35. The van der Waals surface area contributed by atoms with E-state index in [1.165, 1.54) is 0 Å². The standard InChI is InChI=1S/C37H40N4O7/c42-24-31(39-35(44)33(22-28-15-7-2-8-16-28)41-37(46)48-26-30-19-11-4-12-20-30)23-38-34(43)32(21-27-13-5-1-6-14-27)40-36(45)47-25-29-17-9-3-10-18-29/h1-20,31-33,42H,21-26H2,(H,38,43)(H,39,44)(H,40,45)(H,41,46). The number of carbonyl (C=O) groups is 4. The number of carbonyl (C=O) groups excluding carboxylic acids is 4. The molecular weight excluding hydrogens is 612 g/mol. The number of nitrogens with one attached hydrogen (secondary N) is 4. The van der Waals surface area contributed by atoms with Crippen molar-refractivity contribution in [3.8, 4) is 0 Å². The fourth-order valence-electron chi connectivity index (χ4n) is 4.74. The maximum atomic E-state index is 13.4. The minimum absolute atomic E-state index is 0.0234. The molecule has 0 saturated carbocycles. The van der Waals surface area contributed by atoms with Gasteiger partial charge in [-0.05, 0) is 22.3 Å². The molecule has 4 aromatic carbocycles. The van der Waals surface area contributed by atoms with Gasteiger partial charge in [0.1, 0.15) is 25.3 Å². The van der Waals surface area contributed by atoms with Crippen molar-refractivity contribution in [3.63, 3.8) is 0 Å². The van der Waals surface area contributed by atoms with Crippen LogP contribution in [-0.4, -0.2) is 60.4 Å². The van der Waals surface area contributed by atoms with E-state index in [0.29, 0.717) is 0 Å². The first-order chi connectivity index (χ1) is 23.4. The van der Waals surface area contributed by atoms with Crippen molar-refractivity contribution in [1.29, 1.82) is 0 Å². The summed E-state index contributed by atoms with van der Waals surface area (Å²) in [6, 6.07) is 33.6. The van der Waals surface area contributed by atoms with Gasteiger partial charge in [-0.15, -0.1) is 0 Å². The second-order valence-corrected chi connectivity index (χ2v) is 11.0. The molecule has 4 amide bonds. The first-order valence-corrected chi connectivity index (χ1v) is 15.6. The molecule has 11 nitrogen and oxygen atoms in total. The molecule has 3 unspecified atom stereocenters. The van der Waals surface area contributed by atoms with E-state index in [-0.39, 0.29) is 32.6 Å². The summed E-state index contributed by atoms with van der Waals surface area (Å²) in [4.78, 5) is 52.0. The van der Waals surface area contributed by atoms with E-state index in [1.54, 1.807) is 0 Å². The highest BCUT2D eigenvalue weighted by Gasteiger charge is 2.26. The molecule has 0 aromatic heterocycles. The maximum Gasteiger partial charge on any atom is 0.408 e. The summed E-state index contributed by atoms with van der Waals surface area (Å²) in [6.45, 7) is -0.597. The average Bonchev–Trinajstić information content (AvgIpc) is 3.12. The highest BCUT2D eigenvalue weighted by molar-refractivity contribution is 5.87. The number of aliphatic hydroxyl groups is 1. The first-order valence-electron chi connectivity index (χ1n) is 15.6. The lowest BCUT2D eigenvalue weighted by molar-refractivity contribution is -0.125. The fourth-order valence-corrected chi connectivity index (χ4v) is 4.74. The van der Waals surface area contributed by atoms with Gasteiger partial charge in [-0.2, -0.15) is 0 Å². The minimum atomic E-state index is -1.03. The average molecular weight is 653 g/mol. The molecule has 250 valence electrons. The van der Waals surface area contributed by atoms with Crippen molar-refractivity contribution < 1.29 is 33.8 Å². The molecule has 4 aromatic rings. The van der Waals surface area contributed by atoms with E-state index >= 15 is 0 Å². The van der Waals surface area contributed by atoms with Crippen molar-refractivity contribution in [2.45, 2.75) is 44.2 Å². The lowest BCUT2D eigenvalue weighted by atomic mass is 10.0. The predicted octanol–water partition coefficient (Wildman–Crippen LogP) is 3.66. The number of ether oxygens (including phenoxy) is 2. The van der Waals surface area contributed by atoms with E-state index in [0.717, 1.165) is 22.3 Å². The van der Waals surface area contributed by atoms with Crippen molar-refractivity contribution in [3.05, 3.63) is 144 Å². The third-order valence-electron chi connectivity index (χ3n) is 7.30. The van der Waals surface area contributed by atoms with Crippen LogP contribution in [0.3, 0.4) is 0 Å². The summed E-state index contributed by atoms with van der Waals surface area (Å²) >= 11 is 0. The van der Waals surface area contributed by atoms with Gasteiger partial charge >= 0.3 is 12.2 Å². The lowest BCUT2D eigenvalue weighted by Crippen LogP contribution is -2.55. The zero-order valence-electron chi connectivity index (χ0n) is 26.4. The van der Waals surface area contributed by atoms with Crippen LogP contribution in [0.5, 0.6) is 0 Å². The topological polar surface area (TPSA) is 155 Å². The van der Waals surface area contributed by atoms with Gasteiger partial charge in [0.05, 0.1) is 12.6 Å². The number of benzene rings is 4.